The minimum Gasteiger partial charge on any atom is -0.491 e. The molecule has 2 aromatic rings. The van der Waals surface area contributed by atoms with Crippen LogP contribution in [0.1, 0.15) is 38.8 Å². The van der Waals surface area contributed by atoms with E-state index in [4.69, 9.17) is 10.5 Å². The number of ether oxygens (including phenoxy) is 1. The first-order valence-electron chi connectivity index (χ1n) is 9.46. The average Bonchev–Trinajstić information content (AvgIpc) is 2.62. The Labute approximate surface area is 186 Å². The number of guanidine groups is 1. The van der Waals surface area contributed by atoms with Gasteiger partial charge in [-0.05, 0) is 70.1 Å². The Hall–Kier alpha value is -1.80. The molecule has 0 bridgehead atoms. The monoisotopic (exact) mass is 496 g/mol. The molecule has 0 amide bonds. The molecular formula is C22H33IN4O. The second kappa shape index (κ2) is 11.9. The Morgan fingerprint density at radius 2 is 1.64 bits per heavy atom. The van der Waals surface area contributed by atoms with Crippen molar-refractivity contribution < 1.29 is 4.74 Å². The van der Waals surface area contributed by atoms with Gasteiger partial charge in [-0.15, -0.1) is 24.0 Å². The molecule has 3 N–H and O–H groups in total. The fraction of sp³-hybridized carbons (Fsp3) is 0.409. The molecule has 5 nitrogen and oxygen atoms in total. The van der Waals surface area contributed by atoms with Crippen LogP contribution in [-0.4, -0.2) is 30.1 Å². The molecule has 0 unspecified atom stereocenters. The highest BCUT2D eigenvalue weighted by Gasteiger charge is 2.08. The van der Waals surface area contributed by atoms with Gasteiger partial charge in [-0.1, -0.05) is 24.3 Å². The lowest BCUT2D eigenvalue weighted by Gasteiger charge is -2.22. The number of nitrogens with two attached hydrogens (primary N) is 1. The van der Waals surface area contributed by atoms with E-state index < -0.39 is 0 Å². The number of nitrogens with zero attached hydrogens (tertiary/aromatic N) is 2. The van der Waals surface area contributed by atoms with Crippen molar-refractivity contribution in [3.05, 3.63) is 59.7 Å². The molecule has 2 rings (SSSR count). The molecule has 28 heavy (non-hydrogen) atoms. The van der Waals surface area contributed by atoms with Crippen molar-refractivity contribution >= 4 is 35.6 Å². The van der Waals surface area contributed by atoms with E-state index in [9.17, 15) is 0 Å². The van der Waals surface area contributed by atoms with Crippen molar-refractivity contribution in [1.29, 1.82) is 0 Å². The van der Waals surface area contributed by atoms with Gasteiger partial charge in [0.25, 0.3) is 0 Å². The van der Waals surface area contributed by atoms with Crippen molar-refractivity contribution in [2.45, 2.75) is 52.9 Å². The van der Waals surface area contributed by atoms with Crippen LogP contribution in [0.25, 0.3) is 0 Å². The summed E-state index contributed by atoms with van der Waals surface area (Å²) < 4.78 is 5.65. The summed E-state index contributed by atoms with van der Waals surface area (Å²) in [4.78, 5) is 6.82. The van der Waals surface area contributed by atoms with Crippen molar-refractivity contribution in [2.75, 3.05) is 12.4 Å². The third-order valence-electron chi connectivity index (χ3n) is 4.34. The van der Waals surface area contributed by atoms with E-state index in [0.29, 0.717) is 18.5 Å². The van der Waals surface area contributed by atoms with Gasteiger partial charge in [-0.25, -0.2) is 4.99 Å². The summed E-state index contributed by atoms with van der Waals surface area (Å²) in [5, 5.41) is 3.13. The molecule has 0 radical (unpaired) electrons. The van der Waals surface area contributed by atoms with Gasteiger partial charge in [0.2, 0.25) is 0 Å². The first kappa shape index (κ1) is 24.2. The number of halogens is 1. The Balaban J connectivity index is 0.00000392. The van der Waals surface area contributed by atoms with E-state index in [2.05, 4.69) is 54.3 Å². The fourth-order valence-electron chi connectivity index (χ4n) is 2.56. The molecule has 0 saturated heterocycles. The maximum absolute atomic E-state index is 6.07. The molecule has 0 aromatic heterocycles. The minimum atomic E-state index is 0. The van der Waals surface area contributed by atoms with Gasteiger partial charge in [-0.2, -0.15) is 0 Å². The number of anilines is 1. The van der Waals surface area contributed by atoms with E-state index in [-0.39, 0.29) is 30.1 Å². The van der Waals surface area contributed by atoms with E-state index in [1.54, 1.807) is 0 Å². The molecule has 0 atom stereocenters. The van der Waals surface area contributed by atoms with Gasteiger partial charge in [0.15, 0.2) is 5.96 Å². The SMILES string of the molecule is CC(C)Oc1ccc(NC(N)=NCc2ccccc2CN(C)C(C)C)cc1.I. The summed E-state index contributed by atoms with van der Waals surface area (Å²) in [6, 6.07) is 16.6. The predicted molar refractivity (Wildman–Crippen MR) is 130 cm³/mol. The second-order valence-corrected chi connectivity index (χ2v) is 7.30. The number of nitrogens with one attached hydrogen (secondary N) is 1. The summed E-state index contributed by atoms with van der Waals surface area (Å²) in [7, 11) is 2.13. The van der Waals surface area contributed by atoms with Gasteiger partial charge in [0, 0.05) is 18.3 Å². The zero-order valence-corrected chi connectivity index (χ0v) is 19.8. The smallest absolute Gasteiger partial charge is 0.193 e. The van der Waals surface area contributed by atoms with Crippen molar-refractivity contribution in [1.82, 2.24) is 4.90 Å². The summed E-state index contributed by atoms with van der Waals surface area (Å²) in [6.07, 6.45) is 0.158. The van der Waals surface area contributed by atoms with Crippen LogP contribution in [0.15, 0.2) is 53.5 Å². The largest absolute Gasteiger partial charge is 0.491 e. The third-order valence-corrected chi connectivity index (χ3v) is 4.34. The fourth-order valence-corrected chi connectivity index (χ4v) is 2.56. The van der Waals surface area contributed by atoms with Gasteiger partial charge in [-0.3, -0.25) is 4.90 Å². The highest BCUT2D eigenvalue weighted by molar-refractivity contribution is 14.0. The summed E-state index contributed by atoms with van der Waals surface area (Å²) >= 11 is 0. The summed E-state index contributed by atoms with van der Waals surface area (Å²) in [6.45, 7) is 9.85. The molecule has 0 fully saturated rings. The van der Waals surface area contributed by atoms with E-state index >= 15 is 0 Å². The van der Waals surface area contributed by atoms with E-state index in [0.717, 1.165) is 18.0 Å². The molecule has 0 heterocycles. The molecule has 0 spiro atoms. The van der Waals surface area contributed by atoms with Gasteiger partial charge < -0.3 is 15.8 Å². The molecule has 154 valence electrons. The van der Waals surface area contributed by atoms with E-state index in [1.165, 1.54) is 11.1 Å². The van der Waals surface area contributed by atoms with E-state index in [1.807, 2.05) is 44.2 Å². The highest BCUT2D eigenvalue weighted by atomic mass is 127. The number of aliphatic imine (C=N–C) groups is 1. The Kier molecular flexibility index (Phi) is 10.3. The lowest BCUT2D eigenvalue weighted by Crippen LogP contribution is -2.26. The maximum atomic E-state index is 6.07. The standard InChI is InChI=1S/C22H32N4O.HI/c1-16(2)26(5)15-19-9-7-6-8-18(19)14-24-22(23)25-20-10-12-21(13-11-20)27-17(3)4;/h6-13,16-17H,14-15H2,1-5H3,(H3,23,24,25);1H. The molecule has 0 aliphatic rings. The first-order chi connectivity index (χ1) is 12.8. The first-order valence-corrected chi connectivity index (χ1v) is 9.46. The van der Waals surface area contributed by atoms with Crippen LogP contribution in [0.5, 0.6) is 5.75 Å². The number of hydrogen-bond donors (Lipinski definition) is 2. The molecular weight excluding hydrogens is 463 g/mol. The molecule has 0 aliphatic heterocycles. The number of rotatable bonds is 8. The third kappa shape index (κ3) is 8.06. The zero-order chi connectivity index (χ0) is 19.8. The zero-order valence-electron chi connectivity index (χ0n) is 17.5. The number of benzene rings is 2. The Bertz CT molecular complexity index is 744. The number of hydrogen-bond acceptors (Lipinski definition) is 3. The van der Waals surface area contributed by atoms with Crippen molar-refractivity contribution in [3.63, 3.8) is 0 Å². The predicted octanol–water partition coefficient (Wildman–Crippen LogP) is 4.86. The van der Waals surface area contributed by atoms with Crippen LogP contribution in [0.4, 0.5) is 5.69 Å². The van der Waals surface area contributed by atoms with Gasteiger partial charge in [0.05, 0.1) is 12.6 Å². The minimum absolute atomic E-state index is 0. The Morgan fingerprint density at radius 3 is 2.21 bits per heavy atom. The quantitative estimate of drug-likeness (QED) is 0.311. The lowest BCUT2D eigenvalue weighted by atomic mass is 10.1. The maximum Gasteiger partial charge on any atom is 0.193 e. The molecule has 0 saturated carbocycles. The summed E-state index contributed by atoms with van der Waals surface area (Å²) in [5.41, 5.74) is 9.43. The topological polar surface area (TPSA) is 62.9 Å². The highest BCUT2D eigenvalue weighted by Crippen LogP contribution is 2.17. The van der Waals surface area contributed by atoms with Crippen LogP contribution >= 0.6 is 24.0 Å². The van der Waals surface area contributed by atoms with Crippen molar-refractivity contribution in [2.24, 2.45) is 10.7 Å². The molecule has 0 aliphatic carbocycles. The van der Waals surface area contributed by atoms with Gasteiger partial charge in [0.1, 0.15) is 5.75 Å². The van der Waals surface area contributed by atoms with Crippen LogP contribution in [0.3, 0.4) is 0 Å². The Morgan fingerprint density at radius 1 is 1.04 bits per heavy atom. The van der Waals surface area contributed by atoms with Crippen LogP contribution < -0.4 is 15.8 Å². The van der Waals surface area contributed by atoms with Crippen molar-refractivity contribution in [3.8, 4) is 5.75 Å². The van der Waals surface area contributed by atoms with Crippen LogP contribution in [0.2, 0.25) is 0 Å². The normalized spacial score (nSPS) is 11.6. The second-order valence-electron chi connectivity index (χ2n) is 7.30. The lowest BCUT2D eigenvalue weighted by molar-refractivity contribution is 0.242. The van der Waals surface area contributed by atoms with Crippen LogP contribution in [-0.2, 0) is 13.1 Å². The van der Waals surface area contributed by atoms with Crippen LogP contribution in [0, 0.1) is 0 Å². The average molecular weight is 496 g/mol. The summed E-state index contributed by atoms with van der Waals surface area (Å²) in [5.74, 6) is 1.24. The molecule has 2 aromatic carbocycles. The molecule has 6 heteroatoms. The van der Waals surface area contributed by atoms with Gasteiger partial charge >= 0.3 is 0 Å².